The minimum atomic E-state index is -1.37. The lowest BCUT2D eigenvalue weighted by molar-refractivity contribution is 0.0648. The molecular weight excluding hydrogens is 384 g/mol. The van der Waals surface area contributed by atoms with Crippen molar-refractivity contribution in [3.05, 3.63) is 58.2 Å². The highest BCUT2D eigenvalue weighted by Gasteiger charge is 2.23. The molecule has 0 saturated heterocycles. The molecule has 1 aromatic carbocycles. The third kappa shape index (κ3) is 8.55. The smallest absolute Gasteiger partial charge is 0.340 e. The summed E-state index contributed by atoms with van der Waals surface area (Å²) in [6, 6.07) is 2.59. The van der Waals surface area contributed by atoms with Crippen LogP contribution in [0.3, 0.4) is 0 Å². The molecule has 0 saturated carbocycles. The van der Waals surface area contributed by atoms with Crippen molar-refractivity contribution < 1.29 is 29.3 Å². The highest BCUT2D eigenvalue weighted by molar-refractivity contribution is 6.04. The lowest BCUT2D eigenvalue weighted by Crippen LogP contribution is -2.11. The fourth-order valence-corrected chi connectivity index (χ4v) is 2.84. The number of methoxy groups -OCH3 is 1. The van der Waals surface area contributed by atoms with E-state index >= 15 is 0 Å². The van der Waals surface area contributed by atoms with Crippen LogP contribution in [0.1, 0.15) is 74.1 Å². The number of hydrogen-bond acceptors (Lipinski definition) is 4. The molecule has 0 aliphatic rings. The van der Waals surface area contributed by atoms with E-state index in [0.717, 1.165) is 31.3 Å². The van der Waals surface area contributed by atoms with Crippen LogP contribution in [0.4, 0.5) is 0 Å². The molecule has 0 aliphatic carbocycles. The normalized spacial score (nSPS) is 11.8. The predicted octanol–water partition coefficient (Wildman–Crippen LogP) is 5.89. The molecule has 0 fully saturated rings. The van der Waals surface area contributed by atoms with Crippen LogP contribution in [0.2, 0.25) is 0 Å². The topological polar surface area (TPSA) is 93.1 Å². The number of benzene rings is 1. The van der Waals surface area contributed by atoms with Gasteiger partial charge in [-0.25, -0.2) is 9.59 Å². The van der Waals surface area contributed by atoms with Gasteiger partial charge in [0.25, 0.3) is 0 Å². The third-order valence-corrected chi connectivity index (χ3v) is 4.54. The third-order valence-electron chi connectivity index (χ3n) is 4.54. The highest BCUT2D eigenvalue weighted by Crippen LogP contribution is 2.29. The molecule has 30 heavy (non-hydrogen) atoms. The summed E-state index contributed by atoms with van der Waals surface area (Å²) in [6.45, 7) is 8.63. The van der Waals surface area contributed by atoms with E-state index in [9.17, 15) is 19.8 Å². The van der Waals surface area contributed by atoms with Gasteiger partial charge < -0.3 is 19.7 Å². The van der Waals surface area contributed by atoms with E-state index in [-0.39, 0.29) is 23.7 Å². The van der Waals surface area contributed by atoms with Crippen LogP contribution in [-0.2, 0) is 0 Å². The zero-order chi connectivity index (χ0) is 22.7. The molecule has 0 bridgehead atoms. The Labute approximate surface area is 178 Å². The fourth-order valence-electron chi connectivity index (χ4n) is 2.84. The summed E-state index contributed by atoms with van der Waals surface area (Å²) in [5, 5.41) is 18.6. The first-order valence-corrected chi connectivity index (χ1v) is 9.91. The van der Waals surface area contributed by atoms with Gasteiger partial charge in [0.2, 0.25) is 0 Å². The molecule has 2 N–H and O–H groups in total. The van der Waals surface area contributed by atoms with Crippen LogP contribution >= 0.6 is 0 Å². The lowest BCUT2D eigenvalue weighted by Gasteiger charge is -2.12. The maximum Gasteiger partial charge on any atom is 0.340 e. The summed E-state index contributed by atoms with van der Waals surface area (Å²) in [5.41, 5.74) is 3.12. The Morgan fingerprint density at radius 1 is 0.900 bits per heavy atom. The first kappa shape index (κ1) is 25.0. The van der Waals surface area contributed by atoms with Gasteiger partial charge in [0.05, 0.1) is 12.7 Å². The standard InChI is InChI=1S/C24H32O6/c1-16(2)8-6-9-17(3)10-7-11-18(4)12-13-30-19-14-20(23(25)26)22(24(27)28)21(15-19)29-5/h8,10,12,14-15H,6-7,9,11,13H2,1-5H3,(H,25,26)(H,27,28). The summed E-state index contributed by atoms with van der Waals surface area (Å²) in [5.74, 6) is -2.52. The second kappa shape index (κ2) is 12.5. The number of ether oxygens (including phenoxy) is 2. The molecule has 0 aromatic heterocycles. The summed E-state index contributed by atoms with van der Waals surface area (Å²) in [4.78, 5) is 22.8. The highest BCUT2D eigenvalue weighted by atomic mass is 16.5. The molecule has 1 aromatic rings. The summed E-state index contributed by atoms with van der Waals surface area (Å²) in [6.07, 6.45) is 10.4. The molecule has 0 atom stereocenters. The monoisotopic (exact) mass is 416 g/mol. The van der Waals surface area contributed by atoms with Gasteiger partial charge in [-0.3, -0.25) is 0 Å². The average Bonchev–Trinajstić information content (AvgIpc) is 2.66. The van der Waals surface area contributed by atoms with Crippen LogP contribution < -0.4 is 9.47 Å². The van der Waals surface area contributed by atoms with Crippen LogP contribution in [0.25, 0.3) is 0 Å². The second-order valence-electron chi connectivity index (χ2n) is 7.43. The molecule has 0 aliphatic heterocycles. The molecule has 0 heterocycles. The van der Waals surface area contributed by atoms with Crippen molar-refractivity contribution in [2.75, 3.05) is 13.7 Å². The van der Waals surface area contributed by atoms with Crippen molar-refractivity contribution in [1.29, 1.82) is 0 Å². The van der Waals surface area contributed by atoms with E-state index in [0.29, 0.717) is 0 Å². The molecule has 0 spiro atoms. The molecule has 6 heteroatoms. The first-order chi connectivity index (χ1) is 14.1. The molecule has 0 unspecified atom stereocenters. The lowest BCUT2D eigenvalue weighted by atomic mass is 10.1. The van der Waals surface area contributed by atoms with Gasteiger partial charge in [-0.1, -0.05) is 28.9 Å². The van der Waals surface area contributed by atoms with Gasteiger partial charge in [-0.15, -0.1) is 0 Å². The number of aromatic carboxylic acids is 2. The maximum absolute atomic E-state index is 11.4. The Kier molecular flexibility index (Phi) is 10.4. The first-order valence-electron chi connectivity index (χ1n) is 9.91. The van der Waals surface area contributed by atoms with Gasteiger partial charge in [0.1, 0.15) is 23.7 Å². The van der Waals surface area contributed by atoms with Crippen molar-refractivity contribution in [3.8, 4) is 11.5 Å². The fraction of sp³-hybridized carbons (Fsp3) is 0.417. The van der Waals surface area contributed by atoms with Gasteiger partial charge in [0, 0.05) is 6.07 Å². The zero-order valence-corrected chi connectivity index (χ0v) is 18.4. The van der Waals surface area contributed by atoms with Crippen molar-refractivity contribution >= 4 is 11.9 Å². The molecule has 0 amide bonds. The number of allylic oxidation sites excluding steroid dienone is 5. The molecule has 6 nitrogen and oxygen atoms in total. The molecule has 1 rings (SSSR count). The largest absolute Gasteiger partial charge is 0.496 e. The molecular formula is C24H32O6. The molecule has 0 radical (unpaired) electrons. The minimum Gasteiger partial charge on any atom is -0.496 e. The summed E-state index contributed by atoms with van der Waals surface area (Å²) < 4.78 is 10.6. The van der Waals surface area contributed by atoms with E-state index in [1.54, 1.807) is 0 Å². The summed E-state index contributed by atoms with van der Waals surface area (Å²) >= 11 is 0. The minimum absolute atomic E-state index is 0.0492. The summed E-state index contributed by atoms with van der Waals surface area (Å²) in [7, 11) is 1.29. The number of rotatable bonds is 12. The van der Waals surface area contributed by atoms with Gasteiger partial charge >= 0.3 is 11.9 Å². The Balaban J connectivity index is 2.68. The van der Waals surface area contributed by atoms with Gasteiger partial charge in [-0.2, -0.15) is 0 Å². The van der Waals surface area contributed by atoms with Crippen LogP contribution in [-0.4, -0.2) is 35.9 Å². The van der Waals surface area contributed by atoms with E-state index < -0.39 is 17.5 Å². The van der Waals surface area contributed by atoms with Crippen LogP contribution in [0.15, 0.2) is 47.1 Å². The van der Waals surface area contributed by atoms with E-state index in [1.165, 1.54) is 30.4 Å². The zero-order valence-electron chi connectivity index (χ0n) is 18.4. The molecule has 164 valence electrons. The van der Waals surface area contributed by atoms with E-state index in [4.69, 9.17) is 9.47 Å². The predicted molar refractivity (Wildman–Crippen MR) is 118 cm³/mol. The van der Waals surface area contributed by atoms with Gasteiger partial charge in [-0.05, 0) is 65.5 Å². The average molecular weight is 417 g/mol. The Bertz CT molecular complexity index is 841. The van der Waals surface area contributed by atoms with E-state index in [2.05, 4.69) is 32.9 Å². The van der Waals surface area contributed by atoms with Crippen LogP contribution in [0, 0.1) is 0 Å². The Morgan fingerprint density at radius 3 is 2.03 bits per heavy atom. The van der Waals surface area contributed by atoms with Crippen molar-refractivity contribution in [2.24, 2.45) is 0 Å². The number of carbonyl (C=O) groups is 2. The maximum atomic E-state index is 11.4. The van der Waals surface area contributed by atoms with Crippen molar-refractivity contribution in [2.45, 2.75) is 53.4 Å². The number of carboxylic acids is 2. The van der Waals surface area contributed by atoms with Gasteiger partial charge in [0.15, 0.2) is 0 Å². The Hall–Kier alpha value is -3.02. The Morgan fingerprint density at radius 2 is 1.50 bits per heavy atom. The number of carboxylic acid groups (broad SMARTS) is 2. The van der Waals surface area contributed by atoms with Crippen molar-refractivity contribution in [3.63, 3.8) is 0 Å². The second-order valence-corrected chi connectivity index (χ2v) is 7.43. The number of hydrogen-bond donors (Lipinski definition) is 2. The quantitative estimate of drug-likeness (QED) is 0.413. The van der Waals surface area contributed by atoms with E-state index in [1.807, 2.05) is 13.0 Å². The van der Waals surface area contributed by atoms with Crippen molar-refractivity contribution in [1.82, 2.24) is 0 Å². The van der Waals surface area contributed by atoms with Crippen LogP contribution in [0.5, 0.6) is 11.5 Å². The SMILES string of the molecule is COc1cc(OCC=C(C)CCC=C(C)CCC=C(C)C)cc(C(=O)O)c1C(=O)O.